The fourth-order valence-electron chi connectivity index (χ4n) is 3.32. The zero-order valence-corrected chi connectivity index (χ0v) is 19.1. The molecule has 2 aromatic heterocycles. The van der Waals surface area contributed by atoms with E-state index in [-0.39, 0.29) is 29.2 Å². The van der Waals surface area contributed by atoms with Crippen LogP contribution in [0.4, 0.5) is 10.1 Å². The van der Waals surface area contributed by atoms with Gasteiger partial charge in [-0.3, -0.25) is 9.59 Å². The molecule has 1 fully saturated rings. The number of para-hydroxylation sites is 2. The summed E-state index contributed by atoms with van der Waals surface area (Å²) in [6, 6.07) is 13.3. The monoisotopic (exact) mass is 494 g/mol. The van der Waals surface area contributed by atoms with Gasteiger partial charge < -0.3 is 14.8 Å². The third kappa shape index (κ3) is 5.19. The molecule has 9 nitrogen and oxygen atoms in total. The van der Waals surface area contributed by atoms with Gasteiger partial charge in [0.1, 0.15) is 11.6 Å². The van der Waals surface area contributed by atoms with E-state index in [9.17, 15) is 18.8 Å². The molecule has 0 aliphatic heterocycles. The Kier molecular flexibility index (Phi) is 6.23. The number of rotatable bonds is 8. The van der Waals surface area contributed by atoms with Crippen molar-refractivity contribution in [2.24, 2.45) is 0 Å². The van der Waals surface area contributed by atoms with Crippen molar-refractivity contribution < 1.29 is 23.5 Å². The predicted octanol–water partition coefficient (Wildman–Crippen LogP) is 3.54. The molecule has 1 aliphatic rings. The second-order valence-electron chi connectivity index (χ2n) is 7.88. The van der Waals surface area contributed by atoms with E-state index in [0.717, 1.165) is 17.8 Å². The summed E-state index contributed by atoms with van der Waals surface area (Å²) in [5, 5.41) is 7.77. The van der Waals surface area contributed by atoms with Gasteiger partial charge in [-0.2, -0.15) is 9.61 Å². The molecule has 2 heterocycles. The van der Waals surface area contributed by atoms with E-state index in [1.807, 2.05) is 0 Å². The zero-order chi connectivity index (χ0) is 24.4. The first-order valence-corrected chi connectivity index (χ1v) is 11.6. The largest absolute Gasteiger partial charge is 0.481 e. The molecule has 1 saturated carbocycles. The number of aromatic nitrogens is 3. The van der Waals surface area contributed by atoms with Crippen LogP contribution in [0, 0.1) is 5.82 Å². The van der Waals surface area contributed by atoms with Gasteiger partial charge in [-0.1, -0.05) is 35.6 Å². The van der Waals surface area contributed by atoms with Gasteiger partial charge >= 0.3 is 5.97 Å². The molecule has 1 amide bonds. The third-order valence-corrected chi connectivity index (χ3v) is 6.28. The summed E-state index contributed by atoms with van der Waals surface area (Å²) < 4.78 is 25.5. The van der Waals surface area contributed by atoms with E-state index < -0.39 is 24.3 Å². The predicted molar refractivity (Wildman–Crippen MR) is 125 cm³/mol. The van der Waals surface area contributed by atoms with Crippen molar-refractivity contribution in [1.82, 2.24) is 14.6 Å². The van der Waals surface area contributed by atoms with Gasteiger partial charge in [0.15, 0.2) is 18.2 Å². The lowest BCUT2D eigenvalue weighted by Gasteiger charge is -2.11. The fraction of sp³-hybridized carbons (Fsp3) is 0.208. The van der Waals surface area contributed by atoms with Crippen LogP contribution in [0.2, 0.25) is 0 Å². The Hall–Kier alpha value is -4.12. The van der Waals surface area contributed by atoms with Crippen LogP contribution in [0.15, 0.2) is 59.4 Å². The van der Waals surface area contributed by atoms with E-state index in [2.05, 4.69) is 15.4 Å². The number of hydrogen-bond acceptors (Lipinski definition) is 8. The second-order valence-corrected chi connectivity index (χ2v) is 8.87. The van der Waals surface area contributed by atoms with Crippen molar-refractivity contribution in [3.05, 3.63) is 87.0 Å². The Morgan fingerprint density at radius 2 is 1.91 bits per heavy atom. The number of carbonyl (C=O) groups excluding carboxylic acids is 2. The summed E-state index contributed by atoms with van der Waals surface area (Å²) in [6.45, 7) is -0.671. The van der Waals surface area contributed by atoms with E-state index in [0.29, 0.717) is 16.6 Å². The van der Waals surface area contributed by atoms with Crippen LogP contribution >= 0.6 is 11.3 Å². The molecule has 178 valence electrons. The molecule has 0 bridgehead atoms. The molecule has 4 aromatic rings. The summed E-state index contributed by atoms with van der Waals surface area (Å²) in [7, 11) is 0. The highest BCUT2D eigenvalue weighted by Gasteiger charge is 2.28. The second kappa shape index (κ2) is 9.63. The van der Waals surface area contributed by atoms with Gasteiger partial charge in [-0.15, -0.1) is 0 Å². The Morgan fingerprint density at radius 1 is 1.14 bits per heavy atom. The Bertz CT molecular complexity index is 1480. The smallest absolute Gasteiger partial charge is 0.340 e. The highest BCUT2D eigenvalue weighted by molar-refractivity contribution is 7.16. The maximum atomic E-state index is 13.7. The summed E-state index contributed by atoms with van der Waals surface area (Å²) >= 11 is 1.36. The van der Waals surface area contributed by atoms with E-state index in [1.54, 1.807) is 18.2 Å². The van der Waals surface area contributed by atoms with Gasteiger partial charge in [-0.05, 0) is 37.1 Å². The average Bonchev–Trinajstić information content (AvgIpc) is 3.61. The minimum absolute atomic E-state index is 0.0547. The van der Waals surface area contributed by atoms with Crippen molar-refractivity contribution in [1.29, 1.82) is 0 Å². The summed E-state index contributed by atoms with van der Waals surface area (Å²) in [5.41, 5.74) is 0.277. The first-order chi connectivity index (χ1) is 17.0. The van der Waals surface area contributed by atoms with Gasteiger partial charge in [0.05, 0.1) is 16.9 Å². The number of nitrogens with zero attached hydrogens (tertiary/aromatic N) is 3. The minimum atomic E-state index is -0.708. The van der Waals surface area contributed by atoms with Gasteiger partial charge in [-0.25, -0.2) is 14.2 Å². The van der Waals surface area contributed by atoms with Crippen molar-refractivity contribution in [3.8, 4) is 5.75 Å². The standard InChI is InChI=1S/C24H19FN4O5S/c25-17-6-2-4-8-19(17)33-13-20(30)27-18-7-3-1-5-16(18)23(32)34-12-15-11-21(31)29-24(26-15)35-22(28-29)14-9-10-14/h1-8,11,14H,9-10,12-13H2,(H,27,30). The number of carbonyl (C=O) groups is 2. The number of halogens is 1. The molecular formula is C24H19FN4O5S. The molecule has 2 aromatic carbocycles. The molecule has 1 aliphatic carbocycles. The Morgan fingerprint density at radius 3 is 2.71 bits per heavy atom. The van der Waals surface area contributed by atoms with Crippen LogP contribution in [-0.2, 0) is 16.1 Å². The normalized spacial score (nSPS) is 12.9. The SMILES string of the molecule is O=C(COc1ccccc1F)Nc1ccccc1C(=O)OCc1cc(=O)n2nc(C3CC3)sc2n1. The lowest BCUT2D eigenvalue weighted by Crippen LogP contribution is -2.22. The highest BCUT2D eigenvalue weighted by Crippen LogP contribution is 2.41. The number of hydrogen-bond donors (Lipinski definition) is 1. The van der Waals surface area contributed by atoms with Crippen LogP contribution in [0.1, 0.15) is 39.8 Å². The molecule has 0 unspecified atom stereocenters. The fourth-order valence-corrected chi connectivity index (χ4v) is 4.41. The minimum Gasteiger partial charge on any atom is -0.481 e. The van der Waals surface area contributed by atoms with Crippen LogP contribution in [-0.4, -0.2) is 33.1 Å². The molecule has 0 atom stereocenters. The van der Waals surface area contributed by atoms with Gasteiger partial charge in [0.25, 0.3) is 11.5 Å². The summed E-state index contributed by atoms with van der Waals surface area (Å²) in [6.07, 6.45) is 2.12. The summed E-state index contributed by atoms with van der Waals surface area (Å²) in [5.74, 6) is -1.53. The average molecular weight is 495 g/mol. The molecule has 1 N–H and O–H groups in total. The van der Waals surface area contributed by atoms with E-state index in [1.165, 1.54) is 52.3 Å². The number of ether oxygens (including phenoxy) is 2. The van der Waals surface area contributed by atoms with Gasteiger partial charge in [0, 0.05) is 12.0 Å². The van der Waals surface area contributed by atoms with Crippen molar-refractivity contribution in [2.45, 2.75) is 25.4 Å². The molecular weight excluding hydrogens is 475 g/mol. The third-order valence-electron chi connectivity index (χ3n) is 5.21. The number of benzene rings is 2. The van der Waals surface area contributed by atoms with Crippen molar-refractivity contribution in [3.63, 3.8) is 0 Å². The van der Waals surface area contributed by atoms with Gasteiger partial charge in [0.2, 0.25) is 4.96 Å². The number of esters is 1. The number of anilines is 1. The quantitative estimate of drug-likeness (QED) is 0.373. The van der Waals surface area contributed by atoms with Crippen LogP contribution < -0.4 is 15.6 Å². The first kappa shape index (κ1) is 22.7. The first-order valence-electron chi connectivity index (χ1n) is 10.8. The molecule has 0 spiro atoms. The Balaban J connectivity index is 1.23. The lowest BCUT2D eigenvalue weighted by molar-refractivity contribution is -0.118. The Labute approximate surface area is 202 Å². The zero-order valence-electron chi connectivity index (χ0n) is 18.3. The van der Waals surface area contributed by atoms with Crippen LogP contribution in [0.3, 0.4) is 0 Å². The number of amides is 1. The maximum absolute atomic E-state index is 13.7. The number of nitrogens with one attached hydrogen (secondary N) is 1. The van der Waals surface area contributed by atoms with E-state index >= 15 is 0 Å². The molecule has 5 rings (SSSR count). The maximum Gasteiger partial charge on any atom is 0.340 e. The molecule has 11 heteroatoms. The molecule has 0 radical (unpaired) electrons. The van der Waals surface area contributed by atoms with Crippen molar-refractivity contribution >= 4 is 33.9 Å². The lowest BCUT2D eigenvalue weighted by atomic mass is 10.2. The molecule has 0 saturated heterocycles. The topological polar surface area (TPSA) is 112 Å². The van der Waals surface area contributed by atoms with Crippen molar-refractivity contribution in [2.75, 3.05) is 11.9 Å². The van der Waals surface area contributed by atoms with E-state index in [4.69, 9.17) is 9.47 Å². The molecule has 35 heavy (non-hydrogen) atoms. The number of fused-ring (bicyclic) bond motifs is 1. The highest BCUT2D eigenvalue weighted by atomic mass is 32.1. The summed E-state index contributed by atoms with van der Waals surface area (Å²) in [4.78, 5) is 42.2. The van der Waals surface area contributed by atoms with Crippen LogP contribution in [0.5, 0.6) is 5.75 Å². The van der Waals surface area contributed by atoms with Crippen LogP contribution in [0.25, 0.3) is 4.96 Å².